The fourth-order valence-electron chi connectivity index (χ4n) is 4.97. The lowest BCUT2D eigenvalue weighted by atomic mass is 10.0. The Morgan fingerprint density at radius 3 is 2.79 bits per heavy atom. The number of nitrogens with one attached hydrogen (secondary N) is 3. The predicted octanol–water partition coefficient (Wildman–Crippen LogP) is 3.98. The van der Waals surface area contributed by atoms with Gasteiger partial charge in [-0.15, -0.1) is 5.10 Å². The summed E-state index contributed by atoms with van der Waals surface area (Å²) >= 11 is 0. The molecule has 2 aliphatic rings. The summed E-state index contributed by atoms with van der Waals surface area (Å²) in [5.74, 6) is 0.407. The molecule has 0 bridgehead atoms. The number of hydrogen-bond acceptors (Lipinski definition) is 7. The standard InChI is InChI=1S/C28H35N7O3/c1-2-38-28(37)34-18-13-20(14-19-34)24-7-5-17-35-25(24)32-27(33-35)31-23-10-8-21(9-11-23)26(36)30-16-12-22-6-3-4-15-29-22/h5,7-11,13,17,22,29H,2-4,6,12,14-16,18-19H2,1H3,(H,30,36)(H,31,33). The lowest BCUT2D eigenvalue weighted by molar-refractivity contribution is 0.0951. The number of aromatic nitrogens is 3. The number of pyridine rings is 1. The van der Waals surface area contributed by atoms with E-state index in [-0.39, 0.29) is 12.0 Å². The van der Waals surface area contributed by atoms with Gasteiger partial charge in [-0.25, -0.2) is 9.31 Å². The van der Waals surface area contributed by atoms with Gasteiger partial charge in [-0.2, -0.15) is 4.98 Å². The number of nitrogens with zero attached hydrogens (tertiary/aromatic N) is 4. The molecule has 38 heavy (non-hydrogen) atoms. The van der Waals surface area contributed by atoms with Crippen LogP contribution in [0.25, 0.3) is 11.2 Å². The van der Waals surface area contributed by atoms with Crippen molar-refractivity contribution in [1.82, 2.24) is 30.1 Å². The van der Waals surface area contributed by atoms with E-state index < -0.39 is 0 Å². The molecule has 0 aliphatic carbocycles. The topological polar surface area (TPSA) is 113 Å². The van der Waals surface area contributed by atoms with Crippen LogP contribution < -0.4 is 16.0 Å². The van der Waals surface area contributed by atoms with Crippen molar-refractivity contribution >= 4 is 34.9 Å². The van der Waals surface area contributed by atoms with Gasteiger partial charge >= 0.3 is 6.09 Å². The number of hydrogen-bond donors (Lipinski definition) is 3. The largest absolute Gasteiger partial charge is 0.450 e. The molecular formula is C28H35N7O3. The summed E-state index contributed by atoms with van der Waals surface area (Å²) in [6.07, 6.45) is 8.98. The minimum Gasteiger partial charge on any atom is -0.450 e. The van der Waals surface area contributed by atoms with Crippen LogP contribution in [0.15, 0.2) is 48.7 Å². The van der Waals surface area contributed by atoms with E-state index in [1.54, 1.807) is 21.5 Å². The Balaban J connectivity index is 1.20. The molecular weight excluding hydrogens is 482 g/mol. The van der Waals surface area contributed by atoms with Gasteiger partial charge in [0, 0.05) is 48.7 Å². The molecule has 1 unspecified atom stereocenters. The van der Waals surface area contributed by atoms with Crippen LogP contribution in [0.2, 0.25) is 0 Å². The lowest BCUT2D eigenvalue weighted by Crippen LogP contribution is -2.37. The summed E-state index contributed by atoms with van der Waals surface area (Å²) in [5.41, 5.74) is 4.29. The van der Waals surface area contributed by atoms with Crippen molar-refractivity contribution < 1.29 is 14.3 Å². The van der Waals surface area contributed by atoms with Crippen molar-refractivity contribution in [2.45, 2.75) is 45.1 Å². The second kappa shape index (κ2) is 12.1. The zero-order valence-electron chi connectivity index (χ0n) is 21.8. The second-order valence-electron chi connectivity index (χ2n) is 9.64. The summed E-state index contributed by atoms with van der Waals surface area (Å²) < 4.78 is 6.86. The first-order valence-electron chi connectivity index (χ1n) is 13.5. The van der Waals surface area contributed by atoms with Crippen LogP contribution >= 0.6 is 0 Å². The number of carbonyl (C=O) groups excluding carboxylic acids is 2. The molecule has 3 N–H and O–H groups in total. The van der Waals surface area contributed by atoms with Gasteiger partial charge < -0.3 is 25.6 Å². The molecule has 200 valence electrons. The number of benzene rings is 1. The quantitative estimate of drug-likeness (QED) is 0.414. The molecule has 2 aromatic heterocycles. The third-order valence-electron chi connectivity index (χ3n) is 7.04. The van der Waals surface area contributed by atoms with Gasteiger partial charge in [0.25, 0.3) is 5.91 Å². The molecule has 10 nitrogen and oxygen atoms in total. The fraction of sp³-hybridized carbons (Fsp3) is 0.429. The summed E-state index contributed by atoms with van der Waals surface area (Å²) in [5, 5.41) is 14.3. The smallest absolute Gasteiger partial charge is 0.410 e. The molecule has 3 aromatic rings. The first-order valence-corrected chi connectivity index (χ1v) is 13.5. The van der Waals surface area contributed by atoms with E-state index in [1.165, 1.54) is 19.3 Å². The Morgan fingerprint density at radius 2 is 2.05 bits per heavy atom. The molecule has 5 rings (SSSR count). The maximum Gasteiger partial charge on any atom is 0.410 e. The molecule has 2 aliphatic heterocycles. The van der Waals surface area contributed by atoms with Crippen molar-refractivity contribution in [3.8, 4) is 0 Å². The Hall–Kier alpha value is -3.92. The first kappa shape index (κ1) is 25.7. The highest BCUT2D eigenvalue weighted by Gasteiger charge is 2.21. The van der Waals surface area contributed by atoms with Crippen molar-refractivity contribution in [3.63, 3.8) is 0 Å². The average Bonchev–Trinajstić information content (AvgIpc) is 3.37. The molecule has 1 aromatic carbocycles. The number of rotatable bonds is 8. The van der Waals surface area contributed by atoms with Crippen molar-refractivity contribution in [2.24, 2.45) is 0 Å². The second-order valence-corrected chi connectivity index (χ2v) is 9.64. The summed E-state index contributed by atoms with van der Waals surface area (Å²) in [7, 11) is 0. The van der Waals surface area contributed by atoms with E-state index in [9.17, 15) is 9.59 Å². The maximum atomic E-state index is 12.5. The predicted molar refractivity (Wildman–Crippen MR) is 146 cm³/mol. The van der Waals surface area contributed by atoms with Crippen molar-refractivity contribution in [2.75, 3.05) is 38.1 Å². The molecule has 0 spiro atoms. The molecule has 2 amide bonds. The van der Waals surface area contributed by atoms with Crippen LogP contribution in [0.4, 0.5) is 16.4 Å². The normalized spacial score (nSPS) is 17.7. The number of ether oxygens (including phenoxy) is 1. The highest BCUT2D eigenvalue weighted by atomic mass is 16.6. The highest BCUT2D eigenvalue weighted by Crippen LogP contribution is 2.27. The molecule has 1 saturated heterocycles. The van der Waals surface area contributed by atoms with Gasteiger partial charge in [-0.1, -0.05) is 12.5 Å². The summed E-state index contributed by atoms with van der Waals surface area (Å²) in [6, 6.07) is 11.8. The first-order chi connectivity index (χ1) is 18.6. The Bertz CT molecular complexity index is 1300. The minimum absolute atomic E-state index is 0.0647. The van der Waals surface area contributed by atoms with E-state index in [0.29, 0.717) is 43.8 Å². The number of amides is 2. The number of anilines is 2. The minimum atomic E-state index is -0.282. The molecule has 0 radical (unpaired) electrons. The van der Waals surface area contributed by atoms with Gasteiger partial charge in [0.15, 0.2) is 5.65 Å². The van der Waals surface area contributed by atoms with Crippen LogP contribution in [-0.2, 0) is 4.74 Å². The van der Waals surface area contributed by atoms with Crippen LogP contribution in [-0.4, -0.2) is 70.3 Å². The Labute approximate surface area is 222 Å². The summed E-state index contributed by atoms with van der Waals surface area (Å²) in [4.78, 5) is 31.0. The third kappa shape index (κ3) is 6.13. The molecule has 1 fully saturated rings. The monoisotopic (exact) mass is 517 g/mol. The summed E-state index contributed by atoms with van der Waals surface area (Å²) in [6.45, 7) is 5.02. The van der Waals surface area contributed by atoms with Crippen LogP contribution in [0.1, 0.15) is 54.9 Å². The zero-order chi connectivity index (χ0) is 26.3. The number of carbonyl (C=O) groups is 2. The SMILES string of the molecule is CCOC(=O)N1CC=C(c2cccn3nc(Nc4ccc(C(=O)NCCC5CCCCN5)cc4)nc23)CC1. The van der Waals surface area contributed by atoms with E-state index >= 15 is 0 Å². The van der Waals surface area contributed by atoms with Gasteiger partial charge in [0.2, 0.25) is 5.95 Å². The highest BCUT2D eigenvalue weighted by molar-refractivity contribution is 5.94. The maximum absolute atomic E-state index is 12.5. The van der Waals surface area contributed by atoms with E-state index in [1.807, 2.05) is 43.5 Å². The van der Waals surface area contributed by atoms with E-state index in [0.717, 1.165) is 41.9 Å². The molecule has 4 heterocycles. The van der Waals surface area contributed by atoms with Crippen molar-refractivity contribution in [3.05, 3.63) is 59.8 Å². The van der Waals surface area contributed by atoms with Crippen LogP contribution in [0, 0.1) is 0 Å². The van der Waals surface area contributed by atoms with Gasteiger partial charge in [0.1, 0.15) is 0 Å². The Morgan fingerprint density at radius 1 is 1.18 bits per heavy atom. The lowest BCUT2D eigenvalue weighted by Gasteiger charge is -2.25. The number of fused-ring (bicyclic) bond motifs is 1. The third-order valence-corrected chi connectivity index (χ3v) is 7.04. The van der Waals surface area contributed by atoms with Crippen LogP contribution in [0.5, 0.6) is 0 Å². The Kier molecular flexibility index (Phi) is 8.18. The van der Waals surface area contributed by atoms with E-state index in [2.05, 4.69) is 21.0 Å². The number of piperidine rings is 1. The van der Waals surface area contributed by atoms with Gasteiger partial charge in [-0.05, 0) is 81.1 Å². The molecule has 1 atom stereocenters. The van der Waals surface area contributed by atoms with Gasteiger partial charge in [-0.3, -0.25) is 4.79 Å². The fourth-order valence-corrected chi connectivity index (χ4v) is 4.97. The zero-order valence-corrected chi connectivity index (χ0v) is 21.8. The molecule has 10 heteroatoms. The molecule has 0 saturated carbocycles. The van der Waals surface area contributed by atoms with Crippen LogP contribution in [0.3, 0.4) is 0 Å². The average molecular weight is 518 g/mol. The van der Waals surface area contributed by atoms with E-state index in [4.69, 9.17) is 9.72 Å². The van der Waals surface area contributed by atoms with Gasteiger partial charge in [0.05, 0.1) is 6.61 Å². The van der Waals surface area contributed by atoms with Crippen molar-refractivity contribution in [1.29, 1.82) is 0 Å².